The fourth-order valence-electron chi connectivity index (χ4n) is 3.33. The van der Waals surface area contributed by atoms with Gasteiger partial charge in [0.1, 0.15) is 11.2 Å². The summed E-state index contributed by atoms with van der Waals surface area (Å²) in [5.74, 6) is -0.639. The average molecular weight is 436 g/mol. The van der Waals surface area contributed by atoms with Crippen LogP contribution in [0, 0.1) is 0 Å². The second-order valence-electron chi connectivity index (χ2n) is 7.20. The molecular weight excluding hydrogens is 416 g/mol. The highest BCUT2D eigenvalue weighted by Gasteiger charge is 2.23. The van der Waals surface area contributed by atoms with Crippen molar-refractivity contribution in [3.8, 4) is 0 Å². The molecule has 0 aliphatic rings. The molecular formula is C23H20N2O5S. The Balaban J connectivity index is 1.48. The number of benzene rings is 3. The van der Waals surface area contributed by atoms with Crippen LogP contribution in [0.4, 0.5) is 5.69 Å². The van der Waals surface area contributed by atoms with Crippen LogP contribution in [0.1, 0.15) is 17.3 Å². The van der Waals surface area contributed by atoms with E-state index in [1.807, 2.05) is 30.3 Å². The molecule has 0 saturated heterocycles. The molecule has 0 radical (unpaired) electrons. The zero-order chi connectivity index (χ0) is 22.2. The van der Waals surface area contributed by atoms with Crippen LogP contribution in [0.5, 0.6) is 0 Å². The number of para-hydroxylation sites is 1. The van der Waals surface area contributed by atoms with Crippen molar-refractivity contribution in [2.24, 2.45) is 0 Å². The van der Waals surface area contributed by atoms with E-state index in [4.69, 9.17) is 4.42 Å². The molecule has 0 spiro atoms. The fourth-order valence-corrected chi connectivity index (χ4v) is 4.46. The number of nitrogens with zero attached hydrogens (tertiary/aromatic N) is 1. The van der Waals surface area contributed by atoms with Crippen LogP contribution < -0.4 is 5.32 Å². The van der Waals surface area contributed by atoms with E-state index in [9.17, 15) is 18.0 Å². The summed E-state index contributed by atoms with van der Waals surface area (Å²) in [5, 5.41) is 4.62. The van der Waals surface area contributed by atoms with E-state index in [0.717, 1.165) is 20.7 Å². The maximum Gasteiger partial charge on any atom is 0.243 e. The average Bonchev–Trinajstić information content (AvgIpc) is 3.11. The molecule has 0 aliphatic heterocycles. The van der Waals surface area contributed by atoms with Crippen LogP contribution in [0.25, 0.3) is 21.9 Å². The van der Waals surface area contributed by atoms with Crippen LogP contribution in [-0.4, -0.2) is 38.0 Å². The van der Waals surface area contributed by atoms with Gasteiger partial charge in [-0.15, -0.1) is 0 Å². The molecule has 4 aromatic rings. The highest BCUT2D eigenvalue weighted by Crippen LogP contribution is 2.30. The number of fused-ring (bicyclic) bond motifs is 3. The van der Waals surface area contributed by atoms with E-state index in [2.05, 4.69) is 5.32 Å². The molecule has 0 bridgehead atoms. The van der Waals surface area contributed by atoms with Gasteiger partial charge < -0.3 is 9.73 Å². The third-order valence-corrected chi connectivity index (χ3v) is 6.82. The van der Waals surface area contributed by atoms with Crippen molar-refractivity contribution in [1.82, 2.24) is 4.31 Å². The molecule has 0 atom stereocenters. The Morgan fingerprint density at radius 2 is 1.61 bits per heavy atom. The van der Waals surface area contributed by atoms with Gasteiger partial charge in [-0.1, -0.05) is 30.3 Å². The lowest BCUT2D eigenvalue weighted by Gasteiger charge is -2.17. The summed E-state index contributed by atoms with van der Waals surface area (Å²) in [5.41, 5.74) is 2.31. The van der Waals surface area contributed by atoms with Crippen molar-refractivity contribution in [1.29, 1.82) is 0 Å². The normalized spacial score (nSPS) is 11.8. The number of anilines is 1. The first-order valence-electron chi connectivity index (χ1n) is 9.54. The lowest BCUT2D eigenvalue weighted by atomic mass is 10.1. The third kappa shape index (κ3) is 4.08. The summed E-state index contributed by atoms with van der Waals surface area (Å²) in [4.78, 5) is 23.8. The smallest absolute Gasteiger partial charge is 0.243 e. The van der Waals surface area contributed by atoms with Crippen LogP contribution >= 0.6 is 0 Å². The molecule has 1 N–H and O–H groups in total. The summed E-state index contributed by atoms with van der Waals surface area (Å²) in [6, 6.07) is 18.6. The summed E-state index contributed by atoms with van der Waals surface area (Å²) in [6.45, 7) is 1.04. The SMILES string of the molecule is CC(=O)c1ccc(S(=O)(=O)N(C)CC(=O)Nc2ccc3c(c2)oc2ccccc23)cc1. The number of rotatable bonds is 6. The van der Waals surface area contributed by atoms with Crippen LogP contribution in [-0.2, 0) is 14.8 Å². The lowest BCUT2D eigenvalue weighted by molar-refractivity contribution is -0.116. The first kappa shape index (κ1) is 20.8. The van der Waals surface area contributed by atoms with Gasteiger partial charge in [-0.05, 0) is 37.3 Å². The Bertz CT molecular complexity index is 1410. The molecule has 0 aliphatic carbocycles. The van der Waals surface area contributed by atoms with Gasteiger partial charge in [0.15, 0.2) is 5.78 Å². The minimum absolute atomic E-state index is 0.0106. The largest absolute Gasteiger partial charge is 0.456 e. The highest BCUT2D eigenvalue weighted by molar-refractivity contribution is 7.89. The summed E-state index contributed by atoms with van der Waals surface area (Å²) in [7, 11) is -2.55. The number of Topliss-reactive ketones (excluding diaryl/α,β-unsaturated/α-hetero) is 1. The molecule has 158 valence electrons. The second-order valence-corrected chi connectivity index (χ2v) is 9.24. The Labute approximate surface area is 179 Å². The molecule has 31 heavy (non-hydrogen) atoms. The molecule has 0 saturated carbocycles. The molecule has 4 rings (SSSR count). The zero-order valence-electron chi connectivity index (χ0n) is 17.0. The van der Waals surface area contributed by atoms with Gasteiger partial charge in [-0.25, -0.2) is 8.42 Å². The molecule has 1 heterocycles. The van der Waals surface area contributed by atoms with E-state index in [1.165, 1.54) is 38.2 Å². The molecule has 7 nitrogen and oxygen atoms in total. The minimum atomic E-state index is -3.88. The van der Waals surface area contributed by atoms with E-state index in [0.29, 0.717) is 16.8 Å². The van der Waals surface area contributed by atoms with E-state index in [-0.39, 0.29) is 17.2 Å². The van der Waals surface area contributed by atoms with Crippen LogP contribution in [0.15, 0.2) is 76.0 Å². The first-order valence-corrected chi connectivity index (χ1v) is 11.0. The minimum Gasteiger partial charge on any atom is -0.456 e. The van der Waals surface area contributed by atoms with Crippen molar-refractivity contribution in [3.05, 3.63) is 72.3 Å². The van der Waals surface area contributed by atoms with Gasteiger partial charge in [0.25, 0.3) is 0 Å². The second kappa shape index (κ2) is 7.98. The quantitative estimate of drug-likeness (QED) is 0.460. The number of sulfonamides is 1. The van der Waals surface area contributed by atoms with Gasteiger partial charge >= 0.3 is 0 Å². The third-order valence-electron chi connectivity index (χ3n) is 5.00. The van der Waals surface area contributed by atoms with Crippen molar-refractivity contribution in [2.45, 2.75) is 11.8 Å². The molecule has 0 unspecified atom stereocenters. The summed E-state index contributed by atoms with van der Waals surface area (Å²) < 4.78 is 32.2. The molecule has 3 aromatic carbocycles. The van der Waals surface area contributed by atoms with Crippen molar-refractivity contribution >= 4 is 49.3 Å². The number of hydrogen-bond acceptors (Lipinski definition) is 5. The number of nitrogens with one attached hydrogen (secondary N) is 1. The molecule has 0 fully saturated rings. The monoisotopic (exact) mass is 436 g/mol. The first-order chi connectivity index (χ1) is 14.8. The van der Waals surface area contributed by atoms with Crippen molar-refractivity contribution in [3.63, 3.8) is 0 Å². The fraction of sp³-hybridized carbons (Fsp3) is 0.130. The molecule has 1 amide bonds. The van der Waals surface area contributed by atoms with Gasteiger partial charge in [0.05, 0.1) is 11.4 Å². The maximum atomic E-state index is 12.7. The van der Waals surface area contributed by atoms with Gasteiger partial charge in [-0.2, -0.15) is 4.31 Å². The zero-order valence-corrected chi connectivity index (χ0v) is 17.8. The Morgan fingerprint density at radius 3 is 2.32 bits per heavy atom. The van der Waals surface area contributed by atoms with E-state index >= 15 is 0 Å². The summed E-state index contributed by atoms with van der Waals surface area (Å²) >= 11 is 0. The molecule has 8 heteroatoms. The van der Waals surface area contributed by atoms with Gasteiger partial charge in [0.2, 0.25) is 15.9 Å². The number of carbonyl (C=O) groups is 2. The van der Waals surface area contributed by atoms with Crippen LogP contribution in [0.3, 0.4) is 0 Å². The predicted octanol–water partition coefficient (Wildman–Crippen LogP) is 4.05. The van der Waals surface area contributed by atoms with Crippen molar-refractivity contribution in [2.75, 3.05) is 18.9 Å². The van der Waals surface area contributed by atoms with Gasteiger partial charge in [0, 0.05) is 35.1 Å². The number of carbonyl (C=O) groups excluding carboxylic acids is 2. The topological polar surface area (TPSA) is 96.7 Å². The Morgan fingerprint density at radius 1 is 0.935 bits per heavy atom. The Hall–Kier alpha value is -3.49. The van der Waals surface area contributed by atoms with Crippen LogP contribution in [0.2, 0.25) is 0 Å². The maximum absolute atomic E-state index is 12.7. The van der Waals surface area contributed by atoms with Crippen molar-refractivity contribution < 1.29 is 22.4 Å². The van der Waals surface area contributed by atoms with E-state index < -0.39 is 15.9 Å². The number of furan rings is 1. The number of amides is 1. The standard InChI is InChI=1S/C23H20N2O5S/c1-15(26)16-7-10-18(11-8-16)31(28,29)25(2)14-23(27)24-17-9-12-20-19-5-3-4-6-21(19)30-22(20)13-17/h3-13H,14H2,1-2H3,(H,24,27). The lowest BCUT2D eigenvalue weighted by Crippen LogP contribution is -2.35. The van der Waals surface area contributed by atoms with E-state index in [1.54, 1.807) is 12.1 Å². The van der Waals surface area contributed by atoms with Gasteiger partial charge in [-0.3, -0.25) is 9.59 Å². The number of hydrogen-bond donors (Lipinski definition) is 1. The predicted molar refractivity (Wildman–Crippen MR) is 119 cm³/mol. The number of ketones is 1. The summed E-state index contributed by atoms with van der Waals surface area (Å²) in [6.07, 6.45) is 0. The Kier molecular flexibility index (Phi) is 5.34. The molecule has 1 aromatic heterocycles. The highest BCUT2D eigenvalue weighted by atomic mass is 32.2. The number of likely N-dealkylation sites (N-methyl/N-ethyl adjacent to an activating group) is 1.